The van der Waals surface area contributed by atoms with Crippen molar-refractivity contribution in [3.63, 3.8) is 0 Å². The van der Waals surface area contributed by atoms with Crippen molar-refractivity contribution in [3.8, 4) is 5.75 Å². The van der Waals surface area contributed by atoms with Crippen LogP contribution in [0.4, 0.5) is 5.69 Å². The lowest BCUT2D eigenvalue weighted by Crippen LogP contribution is -2.22. The number of halogens is 2. The number of anilines is 1. The van der Waals surface area contributed by atoms with E-state index in [4.69, 9.17) is 32.7 Å². The minimum atomic E-state index is -0.698. The van der Waals surface area contributed by atoms with E-state index < -0.39 is 18.5 Å². The van der Waals surface area contributed by atoms with Gasteiger partial charge in [-0.15, -0.1) is 0 Å². The van der Waals surface area contributed by atoms with Crippen molar-refractivity contribution in [2.45, 2.75) is 26.7 Å². The Hall–Kier alpha value is -2.24. The summed E-state index contributed by atoms with van der Waals surface area (Å²) in [6.07, 6.45) is 1.57. The van der Waals surface area contributed by atoms with Crippen LogP contribution >= 0.6 is 23.2 Å². The smallest absolute Gasteiger partial charge is 0.338 e. The standard InChI is InChI=1S/C20H21Cl2NO4/c1-4-12-7-6-8-13(5-2)18(12)23-17(24)11-27-20(25)14-9-15(21)19(26-3)16(22)10-14/h6-10H,4-5,11H2,1-3H3,(H,23,24). The average molecular weight is 410 g/mol. The van der Waals surface area contributed by atoms with Crippen LogP contribution in [-0.2, 0) is 22.4 Å². The van der Waals surface area contributed by atoms with Gasteiger partial charge in [-0.05, 0) is 36.1 Å². The molecule has 27 heavy (non-hydrogen) atoms. The third-order valence-corrected chi connectivity index (χ3v) is 4.60. The van der Waals surface area contributed by atoms with E-state index in [0.717, 1.165) is 29.7 Å². The van der Waals surface area contributed by atoms with Crippen molar-refractivity contribution in [1.82, 2.24) is 0 Å². The molecular weight excluding hydrogens is 389 g/mol. The summed E-state index contributed by atoms with van der Waals surface area (Å²) in [5.74, 6) is -0.836. The molecule has 1 amide bonds. The second-order valence-corrected chi connectivity index (χ2v) is 6.57. The first-order chi connectivity index (χ1) is 12.9. The van der Waals surface area contributed by atoms with E-state index in [0.29, 0.717) is 0 Å². The van der Waals surface area contributed by atoms with Gasteiger partial charge in [0.2, 0.25) is 0 Å². The van der Waals surface area contributed by atoms with Gasteiger partial charge < -0.3 is 14.8 Å². The van der Waals surface area contributed by atoms with Crippen LogP contribution in [0.15, 0.2) is 30.3 Å². The van der Waals surface area contributed by atoms with Crippen LogP contribution in [0.2, 0.25) is 10.0 Å². The molecule has 0 saturated carbocycles. The highest BCUT2D eigenvalue weighted by Gasteiger charge is 2.17. The van der Waals surface area contributed by atoms with Crippen LogP contribution in [0, 0.1) is 0 Å². The molecule has 0 bridgehead atoms. The van der Waals surface area contributed by atoms with Crippen molar-refractivity contribution >= 4 is 40.8 Å². The van der Waals surface area contributed by atoms with Gasteiger partial charge in [-0.2, -0.15) is 0 Å². The summed E-state index contributed by atoms with van der Waals surface area (Å²) in [5, 5.41) is 3.21. The number of ether oxygens (including phenoxy) is 2. The van der Waals surface area contributed by atoms with E-state index in [1.54, 1.807) is 0 Å². The van der Waals surface area contributed by atoms with Crippen LogP contribution in [-0.4, -0.2) is 25.6 Å². The Kier molecular flexibility index (Phi) is 7.51. The van der Waals surface area contributed by atoms with Gasteiger partial charge in [-0.25, -0.2) is 4.79 Å². The van der Waals surface area contributed by atoms with Gasteiger partial charge in [0.15, 0.2) is 12.4 Å². The Balaban J connectivity index is 2.05. The maximum atomic E-state index is 12.3. The minimum absolute atomic E-state index is 0.141. The summed E-state index contributed by atoms with van der Waals surface area (Å²) in [7, 11) is 1.42. The summed E-state index contributed by atoms with van der Waals surface area (Å²) in [4.78, 5) is 24.4. The van der Waals surface area contributed by atoms with E-state index in [2.05, 4.69) is 5.32 Å². The molecule has 0 aliphatic rings. The molecule has 0 aromatic heterocycles. The van der Waals surface area contributed by atoms with E-state index in [1.165, 1.54) is 19.2 Å². The first-order valence-corrected chi connectivity index (χ1v) is 9.27. The third-order valence-electron chi connectivity index (χ3n) is 4.04. The summed E-state index contributed by atoms with van der Waals surface area (Å²) < 4.78 is 10.1. The molecule has 2 aromatic rings. The maximum absolute atomic E-state index is 12.3. The van der Waals surface area contributed by atoms with Gasteiger partial charge >= 0.3 is 5.97 Å². The minimum Gasteiger partial charge on any atom is -0.494 e. The average Bonchev–Trinajstić information content (AvgIpc) is 2.65. The number of hydrogen-bond donors (Lipinski definition) is 1. The molecule has 5 nitrogen and oxygen atoms in total. The molecule has 0 fully saturated rings. The fourth-order valence-corrected chi connectivity index (χ4v) is 3.31. The Labute approximate surface area is 168 Å². The fraction of sp³-hybridized carbons (Fsp3) is 0.300. The van der Waals surface area contributed by atoms with Crippen LogP contribution < -0.4 is 10.1 Å². The molecule has 0 radical (unpaired) electrons. The molecule has 7 heteroatoms. The number of amides is 1. The summed E-state index contributed by atoms with van der Waals surface area (Å²) >= 11 is 12.0. The number of hydrogen-bond acceptors (Lipinski definition) is 4. The zero-order valence-corrected chi connectivity index (χ0v) is 16.9. The molecule has 0 saturated heterocycles. The third kappa shape index (κ3) is 5.15. The lowest BCUT2D eigenvalue weighted by atomic mass is 10.0. The van der Waals surface area contributed by atoms with Gasteiger partial charge in [-0.1, -0.05) is 55.2 Å². The quantitative estimate of drug-likeness (QED) is 0.658. The first-order valence-electron chi connectivity index (χ1n) is 8.51. The number of para-hydroxylation sites is 1. The van der Waals surface area contributed by atoms with Crippen LogP contribution in [0.3, 0.4) is 0 Å². The number of esters is 1. The zero-order chi connectivity index (χ0) is 20.0. The molecule has 0 atom stereocenters. The summed E-state index contributed by atoms with van der Waals surface area (Å²) in [6.45, 7) is 3.62. The molecule has 144 valence electrons. The van der Waals surface area contributed by atoms with E-state index in [1.807, 2.05) is 32.0 Å². The zero-order valence-electron chi connectivity index (χ0n) is 15.4. The molecule has 0 aliphatic heterocycles. The topological polar surface area (TPSA) is 64.6 Å². The highest BCUT2D eigenvalue weighted by molar-refractivity contribution is 6.37. The predicted octanol–water partition coefficient (Wildman–Crippen LogP) is 4.92. The summed E-state index contributed by atoms with van der Waals surface area (Å²) in [5.41, 5.74) is 2.98. The Bertz CT molecular complexity index is 807. The Morgan fingerprint density at radius 2 is 1.59 bits per heavy atom. The maximum Gasteiger partial charge on any atom is 0.338 e. The molecule has 2 rings (SSSR count). The van der Waals surface area contributed by atoms with E-state index >= 15 is 0 Å². The van der Waals surface area contributed by atoms with Crippen molar-refractivity contribution in [3.05, 3.63) is 57.1 Å². The van der Waals surface area contributed by atoms with Crippen LogP contribution in [0.25, 0.3) is 0 Å². The molecule has 1 N–H and O–H groups in total. The molecular formula is C20H21Cl2NO4. The van der Waals surface area contributed by atoms with Gasteiger partial charge in [0, 0.05) is 5.69 Å². The number of rotatable bonds is 7. The molecule has 0 aliphatic carbocycles. The van der Waals surface area contributed by atoms with Crippen molar-refractivity contribution in [1.29, 1.82) is 0 Å². The Morgan fingerprint density at radius 3 is 2.07 bits per heavy atom. The van der Waals surface area contributed by atoms with Gasteiger partial charge in [-0.3, -0.25) is 4.79 Å². The number of methoxy groups -OCH3 is 1. The lowest BCUT2D eigenvalue weighted by molar-refractivity contribution is -0.119. The molecule has 2 aromatic carbocycles. The highest BCUT2D eigenvalue weighted by atomic mass is 35.5. The molecule has 0 heterocycles. The Morgan fingerprint density at radius 1 is 1.04 bits per heavy atom. The SMILES string of the molecule is CCc1cccc(CC)c1NC(=O)COC(=O)c1cc(Cl)c(OC)c(Cl)c1. The number of benzene rings is 2. The van der Waals surface area contributed by atoms with Gasteiger partial charge in [0.25, 0.3) is 5.91 Å². The van der Waals surface area contributed by atoms with Crippen molar-refractivity contribution in [2.75, 3.05) is 19.0 Å². The van der Waals surface area contributed by atoms with Gasteiger partial charge in [0.05, 0.1) is 22.7 Å². The molecule has 0 unspecified atom stereocenters. The van der Waals surface area contributed by atoms with Crippen LogP contribution in [0.5, 0.6) is 5.75 Å². The second-order valence-electron chi connectivity index (χ2n) is 5.76. The first kappa shape index (κ1) is 21.1. The van der Waals surface area contributed by atoms with Crippen molar-refractivity contribution in [2.24, 2.45) is 0 Å². The lowest BCUT2D eigenvalue weighted by Gasteiger charge is -2.14. The fourth-order valence-electron chi connectivity index (χ4n) is 2.67. The van der Waals surface area contributed by atoms with Crippen molar-refractivity contribution < 1.29 is 19.1 Å². The van der Waals surface area contributed by atoms with Gasteiger partial charge in [0.1, 0.15) is 0 Å². The monoisotopic (exact) mass is 409 g/mol. The van der Waals surface area contributed by atoms with E-state index in [9.17, 15) is 9.59 Å². The normalized spacial score (nSPS) is 10.4. The number of carbonyl (C=O) groups is 2. The summed E-state index contributed by atoms with van der Waals surface area (Å²) in [6, 6.07) is 8.65. The predicted molar refractivity (Wildman–Crippen MR) is 107 cm³/mol. The van der Waals surface area contributed by atoms with Crippen LogP contribution in [0.1, 0.15) is 35.3 Å². The number of nitrogens with one attached hydrogen (secondary N) is 1. The second kappa shape index (κ2) is 9.62. The largest absolute Gasteiger partial charge is 0.494 e. The number of aryl methyl sites for hydroxylation is 2. The highest BCUT2D eigenvalue weighted by Crippen LogP contribution is 2.34. The number of carbonyl (C=O) groups excluding carboxylic acids is 2. The molecule has 0 spiro atoms. The van der Waals surface area contributed by atoms with E-state index in [-0.39, 0.29) is 21.4 Å².